The second kappa shape index (κ2) is 5.05. The van der Waals surface area contributed by atoms with Gasteiger partial charge in [0.1, 0.15) is 5.82 Å². The molecule has 0 amide bonds. The second-order valence-corrected chi connectivity index (χ2v) is 4.18. The van der Waals surface area contributed by atoms with E-state index in [1.807, 2.05) is 12.3 Å². The van der Waals surface area contributed by atoms with Crippen LogP contribution in [0.5, 0.6) is 0 Å². The molecular weight excluding hydrogens is 174 g/mol. The van der Waals surface area contributed by atoms with Crippen molar-refractivity contribution in [3.8, 4) is 0 Å². The van der Waals surface area contributed by atoms with Gasteiger partial charge in [0.2, 0.25) is 0 Å². The van der Waals surface area contributed by atoms with Gasteiger partial charge in [-0.15, -0.1) is 0 Å². The summed E-state index contributed by atoms with van der Waals surface area (Å²) >= 11 is 0. The van der Waals surface area contributed by atoms with Crippen molar-refractivity contribution in [1.82, 2.24) is 4.98 Å². The summed E-state index contributed by atoms with van der Waals surface area (Å²) in [5.41, 5.74) is 5.74. The fourth-order valence-corrected chi connectivity index (χ4v) is 1.57. The van der Waals surface area contributed by atoms with Crippen LogP contribution in [0.2, 0.25) is 0 Å². The van der Waals surface area contributed by atoms with E-state index >= 15 is 0 Å². The molecule has 3 nitrogen and oxygen atoms in total. The molecule has 3 N–H and O–H groups in total. The standard InChI is InChI=1S/C11H21N3/c1-9(2)10(7-12)8-14(3)11-5-4-6-13-11/h4-6,9-10,13H,7-8,12H2,1-3H3. The molecule has 1 aromatic heterocycles. The summed E-state index contributed by atoms with van der Waals surface area (Å²) in [5, 5.41) is 0. The third kappa shape index (κ3) is 2.77. The number of aromatic amines is 1. The summed E-state index contributed by atoms with van der Waals surface area (Å²) in [5.74, 6) is 2.35. The molecule has 0 saturated carbocycles. The number of nitrogens with two attached hydrogens (primary N) is 1. The zero-order chi connectivity index (χ0) is 10.6. The van der Waals surface area contributed by atoms with Crippen LogP contribution in [0.15, 0.2) is 18.3 Å². The van der Waals surface area contributed by atoms with Crippen LogP contribution in [0.4, 0.5) is 5.82 Å². The number of nitrogens with one attached hydrogen (secondary N) is 1. The number of H-pyrrole nitrogens is 1. The first kappa shape index (κ1) is 11.1. The lowest BCUT2D eigenvalue weighted by molar-refractivity contribution is 0.397. The summed E-state index contributed by atoms with van der Waals surface area (Å²) in [6.45, 7) is 6.21. The highest BCUT2D eigenvalue weighted by Gasteiger charge is 2.14. The minimum absolute atomic E-state index is 0.559. The van der Waals surface area contributed by atoms with Crippen molar-refractivity contribution in [1.29, 1.82) is 0 Å². The van der Waals surface area contributed by atoms with E-state index in [2.05, 4.69) is 36.8 Å². The quantitative estimate of drug-likeness (QED) is 0.751. The minimum Gasteiger partial charge on any atom is -0.361 e. The van der Waals surface area contributed by atoms with Gasteiger partial charge in [0.25, 0.3) is 0 Å². The van der Waals surface area contributed by atoms with Gasteiger partial charge in [0.15, 0.2) is 0 Å². The Morgan fingerprint density at radius 1 is 1.50 bits per heavy atom. The molecule has 1 aromatic rings. The summed E-state index contributed by atoms with van der Waals surface area (Å²) in [7, 11) is 2.09. The highest BCUT2D eigenvalue weighted by atomic mass is 15.2. The topological polar surface area (TPSA) is 45.0 Å². The number of aromatic nitrogens is 1. The van der Waals surface area contributed by atoms with E-state index in [0.29, 0.717) is 11.8 Å². The van der Waals surface area contributed by atoms with Crippen LogP contribution < -0.4 is 10.6 Å². The summed E-state index contributed by atoms with van der Waals surface area (Å²) in [6, 6.07) is 4.09. The van der Waals surface area contributed by atoms with Crippen LogP contribution >= 0.6 is 0 Å². The Hall–Kier alpha value is -0.960. The Morgan fingerprint density at radius 3 is 2.64 bits per heavy atom. The monoisotopic (exact) mass is 195 g/mol. The molecule has 1 rings (SSSR count). The molecule has 0 aliphatic heterocycles. The van der Waals surface area contributed by atoms with Gasteiger partial charge in [-0.05, 0) is 30.5 Å². The Kier molecular flexibility index (Phi) is 4.01. The largest absolute Gasteiger partial charge is 0.361 e. The lowest BCUT2D eigenvalue weighted by Crippen LogP contribution is -2.33. The van der Waals surface area contributed by atoms with Crippen molar-refractivity contribution in [3.05, 3.63) is 18.3 Å². The average Bonchev–Trinajstić information content (AvgIpc) is 2.65. The number of nitrogens with zero attached hydrogens (tertiary/aromatic N) is 1. The van der Waals surface area contributed by atoms with E-state index in [-0.39, 0.29) is 0 Å². The van der Waals surface area contributed by atoms with Crippen molar-refractivity contribution in [2.45, 2.75) is 13.8 Å². The predicted molar refractivity (Wildman–Crippen MR) is 61.4 cm³/mol. The van der Waals surface area contributed by atoms with Gasteiger partial charge in [-0.1, -0.05) is 13.8 Å². The molecule has 0 spiro atoms. The van der Waals surface area contributed by atoms with E-state index in [0.717, 1.165) is 18.9 Å². The SMILES string of the molecule is CC(C)C(CN)CN(C)c1ccc[nH]1. The Labute approximate surface area is 86.3 Å². The van der Waals surface area contributed by atoms with Crippen LogP contribution in [-0.4, -0.2) is 25.1 Å². The van der Waals surface area contributed by atoms with Crippen molar-refractivity contribution >= 4 is 5.82 Å². The minimum atomic E-state index is 0.559. The molecular formula is C11H21N3. The molecule has 0 aromatic carbocycles. The first-order valence-electron chi connectivity index (χ1n) is 5.19. The molecule has 1 unspecified atom stereocenters. The van der Waals surface area contributed by atoms with E-state index in [1.54, 1.807) is 0 Å². The highest BCUT2D eigenvalue weighted by molar-refractivity contribution is 5.37. The van der Waals surface area contributed by atoms with Crippen molar-refractivity contribution in [2.24, 2.45) is 17.6 Å². The lowest BCUT2D eigenvalue weighted by Gasteiger charge is -2.26. The number of hydrogen-bond acceptors (Lipinski definition) is 2. The molecule has 0 aliphatic rings. The van der Waals surface area contributed by atoms with Crippen molar-refractivity contribution in [2.75, 3.05) is 25.0 Å². The maximum atomic E-state index is 5.74. The molecule has 3 heteroatoms. The molecule has 0 radical (unpaired) electrons. The van der Waals surface area contributed by atoms with E-state index in [1.165, 1.54) is 0 Å². The smallest absolute Gasteiger partial charge is 0.105 e. The Balaban J connectivity index is 2.51. The maximum Gasteiger partial charge on any atom is 0.105 e. The lowest BCUT2D eigenvalue weighted by atomic mass is 9.95. The maximum absolute atomic E-state index is 5.74. The van der Waals surface area contributed by atoms with Crippen LogP contribution in [0.25, 0.3) is 0 Å². The molecule has 0 bridgehead atoms. The molecule has 0 aliphatic carbocycles. The van der Waals surface area contributed by atoms with Gasteiger partial charge in [0, 0.05) is 19.8 Å². The van der Waals surface area contributed by atoms with Crippen molar-refractivity contribution < 1.29 is 0 Å². The Bertz CT molecular complexity index is 241. The van der Waals surface area contributed by atoms with Gasteiger partial charge in [-0.25, -0.2) is 0 Å². The third-order valence-electron chi connectivity index (χ3n) is 2.75. The first-order valence-corrected chi connectivity index (χ1v) is 5.19. The van der Waals surface area contributed by atoms with E-state index in [4.69, 9.17) is 5.73 Å². The predicted octanol–water partition coefficient (Wildman–Crippen LogP) is 1.68. The summed E-state index contributed by atoms with van der Waals surface area (Å²) < 4.78 is 0. The zero-order valence-electron chi connectivity index (χ0n) is 9.33. The van der Waals surface area contributed by atoms with Gasteiger partial charge >= 0.3 is 0 Å². The fourth-order valence-electron chi connectivity index (χ4n) is 1.57. The molecule has 1 atom stereocenters. The van der Waals surface area contributed by atoms with Gasteiger partial charge < -0.3 is 15.6 Å². The molecule has 0 saturated heterocycles. The molecule has 80 valence electrons. The van der Waals surface area contributed by atoms with Crippen LogP contribution in [0.1, 0.15) is 13.8 Å². The first-order chi connectivity index (χ1) is 6.65. The van der Waals surface area contributed by atoms with Gasteiger partial charge in [-0.2, -0.15) is 0 Å². The van der Waals surface area contributed by atoms with E-state index in [9.17, 15) is 0 Å². The summed E-state index contributed by atoms with van der Waals surface area (Å²) in [4.78, 5) is 5.41. The molecule has 14 heavy (non-hydrogen) atoms. The third-order valence-corrected chi connectivity index (χ3v) is 2.75. The number of rotatable bonds is 5. The Morgan fingerprint density at radius 2 is 2.21 bits per heavy atom. The molecule has 1 heterocycles. The van der Waals surface area contributed by atoms with E-state index < -0.39 is 0 Å². The number of anilines is 1. The van der Waals surface area contributed by atoms with Gasteiger partial charge in [0.05, 0.1) is 0 Å². The molecule has 0 fully saturated rings. The van der Waals surface area contributed by atoms with Crippen molar-refractivity contribution in [3.63, 3.8) is 0 Å². The normalized spacial score (nSPS) is 13.2. The number of hydrogen-bond donors (Lipinski definition) is 2. The van der Waals surface area contributed by atoms with Crippen LogP contribution in [0, 0.1) is 11.8 Å². The average molecular weight is 195 g/mol. The fraction of sp³-hybridized carbons (Fsp3) is 0.636. The summed E-state index contributed by atoms with van der Waals surface area (Å²) in [6.07, 6.45) is 1.94. The van der Waals surface area contributed by atoms with Crippen LogP contribution in [-0.2, 0) is 0 Å². The highest BCUT2D eigenvalue weighted by Crippen LogP contribution is 2.14. The van der Waals surface area contributed by atoms with Gasteiger partial charge in [-0.3, -0.25) is 0 Å². The second-order valence-electron chi connectivity index (χ2n) is 4.18. The van der Waals surface area contributed by atoms with Crippen LogP contribution in [0.3, 0.4) is 0 Å². The zero-order valence-corrected chi connectivity index (χ0v) is 9.33.